The number of fused-ring (bicyclic) bond motifs is 3. The van der Waals surface area contributed by atoms with Gasteiger partial charge in [-0.1, -0.05) is 24.3 Å². The maximum Gasteiger partial charge on any atom is 0.164 e. The van der Waals surface area contributed by atoms with Crippen molar-refractivity contribution in [2.75, 3.05) is 20.3 Å². The van der Waals surface area contributed by atoms with Crippen molar-refractivity contribution in [1.29, 1.82) is 0 Å². The first-order valence-electron chi connectivity index (χ1n) is 8.38. The highest BCUT2D eigenvalue weighted by Gasteiger charge is 2.39. The van der Waals surface area contributed by atoms with E-state index in [4.69, 9.17) is 9.47 Å². The molecule has 4 heteroatoms. The van der Waals surface area contributed by atoms with Crippen LogP contribution in [-0.4, -0.2) is 37.0 Å². The summed E-state index contributed by atoms with van der Waals surface area (Å²) in [5, 5.41) is 0. The Morgan fingerprint density at radius 3 is 2.79 bits per heavy atom. The lowest BCUT2D eigenvalue weighted by Crippen LogP contribution is -2.39. The maximum atomic E-state index is 12.6. The van der Waals surface area contributed by atoms with Crippen LogP contribution in [0, 0.1) is 0 Å². The lowest BCUT2D eigenvalue weighted by molar-refractivity contribution is 0.0215. The van der Waals surface area contributed by atoms with E-state index in [1.807, 2.05) is 24.3 Å². The van der Waals surface area contributed by atoms with Crippen molar-refractivity contribution in [3.63, 3.8) is 0 Å². The van der Waals surface area contributed by atoms with Gasteiger partial charge < -0.3 is 9.47 Å². The van der Waals surface area contributed by atoms with Gasteiger partial charge in [0.15, 0.2) is 5.78 Å². The molecule has 2 aromatic carbocycles. The van der Waals surface area contributed by atoms with Crippen molar-refractivity contribution in [3.05, 3.63) is 65.2 Å². The number of carbonyl (C=O) groups excluding carboxylic acids is 1. The molecule has 0 saturated carbocycles. The average molecular weight is 323 g/mol. The molecular weight excluding hydrogens is 302 g/mol. The van der Waals surface area contributed by atoms with Crippen molar-refractivity contribution in [2.45, 2.75) is 25.1 Å². The molecule has 2 atom stereocenters. The summed E-state index contributed by atoms with van der Waals surface area (Å²) in [6.07, 6.45) is 1.51. The van der Waals surface area contributed by atoms with Gasteiger partial charge >= 0.3 is 0 Å². The van der Waals surface area contributed by atoms with Gasteiger partial charge in [0.2, 0.25) is 0 Å². The number of hydrogen-bond acceptors (Lipinski definition) is 4. The van der Waals surface area contributed by atoms with E-state index < -0.39 is 0 Å². The molecule has 0 spiro atoms. The van der Waals surface area contributed by atoms with Crippen molar-refractivity contribution < 1.29 is 14.3 Å². The molecule has 2 heterocycles. The fourth-order valence-corrected chi connectivity index (χ4v) is 3.69. The van der Waals surface area contributed by atoms with Gasteiger partial charge in [0.1, 0.15) is 12.0 Å². The zero-order valence-electron chi connectivity index (χ0n) is 13.8. The third-order valence-electron chi connectivity index (χ3n) is 5.01. The summed E-state index contributed by atoms with van der Waals surface area (Å²) in [6.45, 7) is 1.56. The van der Waals surface area contributed by atoms with E-state index in [-0.39, 0.29) is 18.1 Å². The fraction of sp³-hybridized carbons (Fsp3) is 0.350. The quantitative estimate of drug-likeness (QED) is 0.810. The standard InChI is InChI=1S/C20H21NO3/c1-23-17-8-6-15(7-9-17)19(22)12-16-13-24-20-18-5-3-2-4-14(18)10-11-21(16)20/h2-9,16,20H,10-13H2,1H3. The van der Waals surface area contributed by atoms with Crippen LogP contribution in [0.2, 0.25) is 0 Å². The molecule has 2 unspecified atom stereocenters. The number of methoxy groups -OCH3 is 1. The molecule has 0 amide bonds. The summed E-state index contributed by atoms with van der Waals surface area (Å²) in [5.74, 6) is 0.925. The summed E-state index contributed by atoms with van der Waals surface area (Å²) in [4.78, 5) is 14.9. The summed E-state index contributed by atoms with van der Waals surface area (Å²) in [5.41, 5.74) is 3.35. The predicted octanol–water partition coefficient (Wildman–Crippen LogP) is 3.22. The number of Topliss-reactive ketones (excluding diaryl/α,β-unsaturated/α-hetero) is 1. The molecule has 2 aromatic rings. The van der Waals surface area contributed by atoms with Crippen LogP contribution in [0.1, 0.15) is 34.1 Å². The van der Waals surface area contributed by atoms with Crippen LogP contribution >= 0.6 is 0 Å². The zero-order valence-corrected chi connectivity index (χ0v) is 13.8. The smallest absolute Gasteiger partial charge is 0.164 e. The van der Waals surface area contributed by atoms with Gasteiger partial charge in [-0.2, -0.15) is 0 Å². The number of ketones is 1. The fourth-order valence-electron chi connectivity index (χ4n) is 3.69. The van der Waals surface area contributed by atoms with Crippen molar-refractivity contribution >= 4 is 5.78 Å². The Labute approximate surface area is 142 Å². The molecule has 1 saturated heterocycles. The lowest BCUT2D eigenvalue weighted by Gasteiger charge is -2.33. The Morgan fingerprint density at radius 1 is 1.21 bits per heavy atom. The van der Waals surface area contributed by atoms with Gasteiger partial charge in [-0.3, -0.25) is 9.69 Å². The van der Waals surface area contributed by atoms with Crippen molar-refractivity contribution in [3.8, 4) is 5.75 Å². The summed E-state index contributed by atoms with van der Waals surface area (Å²) in [7, 11) is 1.63. The van der Waals surface area contributed by atoms with Crippen LogP contribution in [-0.2, 0) is 11.2 Å². The van der Waals surface area contributed by atoms with Crippen LogP contribution in [0.5, 0.6) is 5.75 Å². The highest BCUT2D eigenvalue weighted by Crippen LogP contribution is 2.37. The maximum absolute atomic E-state index is 12.6. The van der Waals surface area contributed by atoms with Crippen LogP contribution in [0.3, 0.4) is 0 Å². The molecule has 2 aliphatic heterocycles. The van der Waals surface area contributed by atoms with E-state index in [1.165, 1.54) is 11.1 Å². The van der Waals surface area contributed by atoms with Crippen LogP contribution in [0.15, 0.2) is 48.5 Å². The minimum Gasteiger partial charge on any atom is -0.497 e. The molecule has 2 aliphatic rings. The summed E-state index contributed by atoms with van der Waals surface area (Å²) >= 11 is 0. The summed E-state index contributed by atoms with van der Waals surface area (Å²) in [6, 6.07) is 15.9. The molecule has 1 fully saturated rings. The number of hydrogen-bond donors (Lipinski definition) is 0. The van der Waals surface area contributed by atoms with Crippen LogP contribution in [0.4, 0.5) is 0 Å². The van der Waals surface area contributed by atoms with E-state index in [2.05, 4.69) is 29.2 Å². The zero-order chi connectivity index (χ0) is 16.5. The van der Waals surface area contributed by atoms with E-state index in [1.54, 1.807) is 7.11 Å². The molecule has 0 bridgehead atoms. The second kappa shape index (κ2) is 6.38. The van der Waals surface area contributed by atoms with Gasteiger partial charge in [0, 0.05) is 24.6 Å². The molecule has 0 aromatic heterocycles. The Bertz CT molecular complexity index is 741. The van der Waals surface area contributed by atoms with Gasteiger partial charge in [-0.25, -0.2) is 0 Å². The van der Waals surface area contributed by atoms with E-state index in [0.29, 0.717) is 13.0 Å². The third kappa shape index (κ3) is 2.72. The van der Waals surface area contributed by atoms with Gasteiger partial charge in [0.25, 0.3) is 0 Å². The predicted molar refractivity (Wildman–Crippen MR) is 91.3 cm³/mol. The minimum atomic E-state index is 0.00335. The lowest BCUT2D eigenvalue weighted by atomic mass is 9.96. The third-order valence-corrected chi connectivity index (χ3v) is 5.01. The van der Waals surface area contributed by atoms with Gasteiger partial charge in [-0.15, -0.1) is 0 Å². The highest BCUT2D eigenvalue weighted by molar-refractivity contribution is 5.96. The first-order chi connectivity index (χ1) is 11.8. The Kier molecular flexibility index (Phi) is 4.08. The molecule has 24 heavy (non-hydrogen) atoms. The monoisotopic (exact) mass is 323 g/mol. The number of nitrogens with zero attached hydrogens (tertiary/aromatic N) is 1. The van der Waals surface area contributed by atoms with Crippen LogP contribution in [0.25, 0.3) is 0 Å². The van der Waals surface area contributed by atoms with E-state index in [0.717, 1.165) is 24.3 Å². The largest absolute Gasteiger partial charge is 0.497 e. The Hall–Kier alpha value is -2.17. The Morgan fingerprint density at radius 2 is 2.00 bits per heavy atom. The second-order valence-electron chi connectivity index (χ2n) is 6.38. The number of carbonyl (C=O) groups is 1. The highest BCUT2D eigenvalue weighted by atomic mass is 16.5. The van der Waals surface area contributed by atoms with Gasteiger partial charge in [-0.05, 0) is 41.8 Å². The molecule has 0 N–H and O–H groups in total. The summed E-state index contributed by atoms with van der Waals surface area (Å²) < 4.78 is 11.2. The van der Waals surface area contributed by atoms with Crippen LogP contribution < -0.4 is 4.74 Å². The van der Waals surface area contributed by atoms with E-state index in [9.17, 15) is 4.79 Å². The van der Waals surface area contributed by atoms with Crippen molar-refractivity contribution in [2.24, 2.45) is 0 Å². The molecular formula is C20H21NO3. The number of rotatable bonds is 4. The molecule has 0 aliphatic carbocycles. The molecule has 4 rings (SSSR count). The first kappa shape index (κ1) is 15.4. The second-order valence-corrected chi connectivity index (χ2v) is 6.38. The minimum absolute atomic E-state index is 0.00335. The average Bonchev–Trinajstić information content (AvgIpc) is 3.05. The SMILES string of the molecule is COc1ccc(C(=O)CC2COC3c4ccccc4CCN23)cc1. The number of ether oxygens (including phenoxy) is 2. The normalized spacial score (nSPS) is 22.7. The first-order valence-corrected chi connectivity index (χ1v) is 8.38. The van der Waals surface area contributed by atoms with Gasteiger partial charge in [0.05, 0.1) is 13.7 Å². The number of benzene rings is 2. The molecule has 4 nitrogen and oxygen atoms in total. The Balaban J connectivity index is 1.47. The topological polar surface area (TPSA) is 38.8 Å². The van der Waals surface area contributed by atoms with E-state index >= 15 is 0 Å². The molecule has 0 radical (unpaired) electrons. The van der Waals surface area contributed by atoms with Crippen molar-refractivity contribution in [1.82, 2.24) is 4.90 Å². The molecule has 124 valence electrons.